The Balaban J connectivity index is 2.94. The highest BCUT2D eigenvalue weighted by molar-refractivity contribution is 5.09. The zero-order valence-corrected chi connectivity index (χ0v) is 4.86. The molecule has 0 spiro atoms. The molecule has 0 unspecified atom stereocenters. The molecule has 48 valence electrons. The van der Waals surface area contributed by atoms with Gasteiger partial charge in [0.2, 0.25) is 12.9 Å². The molecule has 0 saturated heterocycles. The molecule has 0 aliphatic heterocycles. The number of aliphatic hydroxyl groups excluding tert-OH is 1. The van der Waals surface area contributed by atoms with Crippen LogP contribution in [-0.4, -0.2) is 10.2 Å². The molecular weight excluding hydrogens is 118 g/mol. The van der Waals surface area contributed by atoms with Gasteiger partial charge in [-0.1, -0.05) is 0 Å². The molecule has 1 aromatic rings. The normalized spacial score (nSPS) is 9.44. The fraction of sp³-hybridized carbons (Fsp3) is 0.167. The molecule has 0 aliphatic rings. The van der Waals surface area contributed by atoms with Crippen molar-refractivity contribution in [2.75, 3.05) is 0 Å². The van der Waals surface area contributed by atoms with E-state index in [0.29, 0.717) is 0 Å². The van der Waals surface area contributed by atoms with Gasteiger partial charge < -0.3 is 10.2 Å². The average Bonchev–Trinajstić information content (AvgIpc) is 1.88. The van der Waals surface area contributed by atoms with E-state index in [1.807, 2.05) is 0 Å². The van der Waals surface area contributed by atoms with E-state index in [0.717, 1.165) is 0 Å². The molecule has 0 amide bonds. The third kappa shape index (κ3) is 1.40. The fourth-order valence-corrected chi connectivity index (χ4v) is 0.596. The Morgan fingerprint density at radius 2 is 2.33 bits per heavy atom. The van der Waals surface area contributed by atoms with Crippen LogP contribution in [0, 0.1) is 0 Å². The van der Waals surface area contributed by atoms with Crippen LogP contribution in [0.4, 0.5) is 0 Å². The van der Waals surface area contributed by atoms with Gasteiger partial charge in [-0.2, -0.15) is 4.57 Å². The molecule has 0 bridgehead atoms. The summed E-state index contributed by atoms with van der Waals surface area (Å²) in [4.78, 5) is 0. The highest BCUT2D eigenvalue weighted by Gasteiger charge is 1.95. The van der Waals surface area contributed by atoms with Crippen molar-refractivity contribution < 1.29 is 14.8 Å². The second-order valence-electron chi connectivity index (χ2n) is 1.72. The number of aliphatic hydroxyl groups is 1. The predicted molar refractivity (Wildman–Crippen MR) is 30.5 cm³/mol. The van der Waals surface area contributed by atoms with E-state index in [9.17, 15) is 0 Å². The van der Waals surface area contributed by atoms with E-state index >= 15 is 0 Å². The number of aromatic nitrogens is 1. The number of hydrogen-bond donors (Lipinski definition) is 2. The van der Waals surface area contributed by atoms with Gasteiger partial charge in [0.15, 0.2) is 11.9 Å². The van der Waals surface area contributed by atoms with Gasteiger partial charge in [0, 0.05) is 6.07 Å². The third-order valence-electron chi connectivity index (χ3n) is 1.01. The Bertz CT molecular complexity index is 200. The number of nitrogens with zero attached hydrogens (tertiary/aromatic N) is 1. The minimum Gasteiger partial charge on any atom is -0.503 e. The van der Waals surface area contributed by atoms with Crippen LogP contribution in [0.2, 0.25) is 0 Å². The van der Waals surface area contributed by atoms with E-state index in [-0.39, 0.29) is 12.5 Å². The lowest BCUT2D eigenvalue weighted by molar-refractivity contribution is -0.730. The Morgan fingerprint density at radius 3 is 2.78 bits per heavy atom. The summed E-state index contributed by atoms with van der Waals surface area (Å²) in [5, 5.41) is 17.3. The first-order valence-corrected chi connectivity index (χ1v) is 2.62. The summed E-state index contributed by atoms with van der Waals surface area (Å²) >= 11 is 0. The van der Waals surface area contributed by atoms with Crippen LogP contribution in [-0.2, 0) is 6.73 Å². The molecule has 0 saturated carbocycles. The summed E-state index contributed by atoms with van der Waals surface area (Å²) in [7, 11) is 0. The summed E-state index contributed by atoms with van der Waals surface area (Å²) in [6.07, 6.45) is 3.11. The van der Waals surface area contributed by atoms with Gasteiger partial charge in [0.1, 0.15) is 0 Å². The van der Waals surface area contributed by atoms with Crippen LogP contribution in [0.25, 0.3) is 0 Å². The van der Waals surface area contributed by atoms with E-state index in [1.54, 1.807) is 18.3 Å². The fourth-order valence-electron chi connectivity index (χ4n) is 0.596. The molecule has 0 radical (unpaired) electrons. The largest absolute Gasteiger partial charge is 0.503 e. The second-order valence-corrected chi connectivity index (χ2v) is 1.72. The zero-order chi connectivity index (χ0) is 6.69. The molecule has 1 aromatic heterocycles. The van der Waals surface area contributed by atoms with E-state index in [2.05, 4.69) is 0 Å². The van der Waals surface area contributed by atoms with Gasteiger partial charge >= 0.3 is 0 Å². The molecule has 3 nitrogen and oxygen atoms in total. The van der Waals surface area contributed by atoms with Crippen molar-refractivity contribution in [3.8, 4) is 5.75 Å². The van der Waals surface area contributed by atoms with E-state index in [1.165, 1.54) is 10.8 Å². The van der Waals surface area contributed by atoms with Gasteiger partial charge in [-0.25, -0.2) is 0 Å². The van der Waals surface area contributed by atoms with Gasteiger partial charge in [-0.15, -0.1) is 0 Å². The van der Waals surface area contributed by atoms with Crippen molar-refractivity contribution in [1.82, 2.24) is 0 Å². The van der Waals surface area contributed by atoms with Crippen molar-refractivity contribution in [3.05, 3.63) is 24.5 Å². The maximum Gasteiger partial charge on any atom is 0.250 e. The molecule has 1 rings (SSSR count). The first kappa shape index (κ1) is 6.04. The predicted octanol–water partition coefficient (Wildman–Crippen LogP) is -0.371. The number of rotatable bonds is 1. The Hall–Kier alpha value is -1.09. The number of aromatic hydroxyl groups is 1. The topological polar surface area (TPSA) is 44.3 Å². The molecule has 3 heteroatoms. The van der Waals surface area contributed by atoms with Crippen molar-refractivity contribution in [3.63, 3.8) is 0 Å². The lowest BCUT2D eigenvalue weighted by Crippen LogP contribution is -2.31. The highest BCUT2D eigenvalue weighted by Crippen LogP contribution is 1.99. The van der Waals surface area contributed by atoms with Crippen LogP contribution < -0.4 is 4.57 Å². The highest BCUT2D eigenvalue weighted by atomic mass is 16.3. The molecule has 0 aliphatic carbocycles. The standard InChI is InChI=1S/C6H7NO2/c8-5-7-3-1-2-6(9)4-7/h1-4,8H,5H2/p+1. The average molecular weight is 126 g/mol. The minimum absolute atomic E-state index is 0.103. The van der Waals surface area contributed by atoms with Gasteiger partial charge in [0.05, 0.1) is 0 Å². The third-order valence-corrected chi connectivity index (χ3v) is 1.01. The van der Waals surface area contributed by atoms with Crippen LogP contribution >= 0.6 is 0 Å². The van der Waals surface area contributed by atoms with Crippen molar-refractivity contribution >= 4 is 0 Å². The Labute approximate surface area is 52.8 Å². The lowest BCUT2D eigenvalue weighted by Gasteiger charge is -1.88. The minimum atomic E-state index is -0.103. The summed E-state index contributed by atoms with van der Waals surface area (Å²) < 4.78 is 1.47. The monoisotopic (exact) mass is 126 g/mol. The maximum atomic E-state index is 8.81. The summed E-state index contributed by atoms with van der Waals surface area (Å²) in [5.74, 6) is 0.159. The van der Waals surface area contributed by atoms with Crippen LogP contribution in [0.3, 0.4) is 0 Å². The first-order valence-electron chi connectivity index (χ1n) is 2.62. The van der Waals surface area contributed by atoms with Gasteiger partial charge in [-0.05, 0) is 6.07 Å². The van der Waals surface area contributed by atoms with Crippen molar-refractivity contribution in [2.45, 2.75) is 6.73 Å². The smallest absolute Gasteiger partial charge is 0.250 e. The molecule has 9 heavy (non-hydrogen) atoms. The molecule has 0 aromatic carbocycles. The summed E-state index contributed by atoms with van der Waals surface area (Å²) in [6.45, 7) is -0.103. The Kier molecular flexibility index (Phi) is 1.65. The van der Waals surface area contributed by atoms with E-state index < -0.39 is 0 Å². The summed E-state index contributed by atoms with van der Waals surface area (Å²) in [5.41, 5.74) is 0. The second kappa shape index (κ2) is 2.46. The quantitative estimate of drug-likeness (QED) is 0.504. The SMILES string of the molecule is OC[n+]1cccc(O)c1. The molecule has 2 N–H and O–H groups in total. The number of pyridine rings is 1. The number of hydrogen-bond acceptors (Lipinski definition) is 2. The molecule has 1 heterocycles. The zero-order valence-electron chi connectivity index (χ0n) is 4.86. The first-order chi connectivity index (χ1) is 4.33. The maximum absolute atomic E-state index is 8.81. The van der Waals surface area contributed by atoms with Gasteiger partial charge in [-0.3, -0.25) is 0 Å². The molecule has 0 atom stereocenters. The summed E-state index contributed by atoms with van der Waals surface area (Å²) in [6, 6.07) is 3.21. The molecular formula is C6H8NO2+. The van der Waals surface area contributed by atoms with E-state index in [4.69, 9.17) is 10.2 Å². The lowest BCUT2D eigenvalue weighted by atomic mass is 10.5. The van der Waals surface area contributed by atoms with Gasteiger partial charge in [0.25, 0.3) is 0 Å². The van der Waals surface area contributed by atoms with Crippen LogP contribution in [0.1, 0.15) is 0 Å². The van der Waals surface area contributed by atoms with Crippen LogP contribution in [0.5, 0.6) is 5.75 Å². The molecule has 0 fully saturated rings. The Morgan fingerprint density at radius 1 is 1.56 bits per heavy atom. The van der Waals surface area contributed by atoms with Crippen molar-refractivity contribution in [1.29, 1.82) is 0 Å². The van der Waals surface area contributed by atoms with Crippen molar-refractivity contribution in [2.24, 2.45) is 0 Å². The van der Waals surface area contributed by atoms with Crippen LogP contribution in [0.15, 0.2) is 24.5 Å².